The highest BCUT2D eigenvalue weighted by molar-refractivity contribution is 5.87. The molecule has 1 aliphatic heterocycles. The molecule has 1 saturated carbocycles. The molecule has 5 heteroatoms. The van der Waals surface area contributed by atoms with Crippen molar-refractivity contribution >= 4 is 12.3 Å². The van der Waals surface area contributed by atoms with Crippen LogP contribution in [0.25, 0.3) is 0 Å². The minimum Gasteiger partial charge on any atom is -0.435 e. The Hall–Kier alpha value is -1.20. The summed E-state index contributed by atoms with van der Waals surface area (Å²) in [5.41, 5.74) is -2.59. The average molecular weight is 280 g/mol. The first kappa shape index (κ1) is 13.8. The van der Waals surface area contributed by atoms with Crippen LogP contribution in [0.5, 0.6) is 0 Å². The molecule has 4 atom stereocenters. The summed E-state index contributed by atoms with van der Waals surface area (Å²) in [6.07, 6.45) is 3.21. The highest BCUT2D eigenvalue weighted by Crippen LogP contribution is 2.65. The first-order chi connectivity index (χ1) is 9.30. The van der Waals surface area contributed by atoms with E-state index in [1.54, 1.807) is 6.08 Å². The van der Waals surface area contributed by atoms with Gasteiger partial charge in [-0.25, -0.2) is 0 Å². The van der Waals surface area contributed by atoms with Gasteiger partial charge in [0.05, 0.1) is 11.5 Å². The molecule has 0 aromatic rings. The van der Waals surface area contributed by atoms with Gasteiger partial charge >= 0.3 is 5.97 Å². The maximum Gasteiger partial charge on any atom is 0.318 e. The minimum atomic E-state index is -1.35. The molecule has 2 aliphatic carbocycles. The summed E-state index contributed by atoms with van der Waals surface area (Å²) in [5, 5.41) is 21.4. The lowest BCUT2D eigenvalue weighted by atomic mass is 9.45. The van der Waals surface area contributed by atoms with Crippen molar-refractivity contribution in [1.82, 2.24) is 0 Å². The van der Waals surface area contributed by atoms with Crippen molar-refractivity contribution in [1.29, 1.82) is 0 Å². The normalized spacial score (nSPS) is 46.0. The number of aliphatic hydroxyl groups is 2. The van der Waals surface area contributed by atoms with Crippen LogP contribution < -0.4 is 0 Å². The van der Waals surface area contributed by atoms with E-state index < -0.39 is 34.6 Å². The summed E-state index contributed by atoms with van der Waals surface area (Å²) in [4.78, 5) is 23.7. The third-order valence-electron chi connectivity index (χ3n) is 5.77. The number of hydrogen-bond acceptors (Lipinski definition) is 5. The highest BCUT2D eigenvalue weighted by Gasteiger charge is 2.73. The van der Waals surface area contributed by atoms with Crippen LogP contribution in [0.4, 0.5) is 0 Å². The Kier molecular flexibility index (Phi) is 2.70. The van der Waals surface area contributed by atoms with Gasteiger partial charge in [0.2, 0.25) is 6.29 Å². The molecular weight excluding hydrogens is 260 g/mol. The third-order valence-corrected chi connectivity index (χ3v) is 5.77. The predicted octanol–water partition coefficient (Wildman–Crippen LogP) is 0.934. The summed E-state index contributed by atoms with van der Waals surface area (Å²) < 4.78 is 5.02. The fourth-order valence-electron chi connectivity index (χ4n) is 4.58. The fraction of sp³-hybridized carbons (Fsp3) is 0.733. The topological polar surface area (TPSA) is 83.8 Å². The maximum absolute atomic E-state index is 12.4. The second kappa shape index (κ2) is 3.92. The van der Waals surface area contributed by atoms with Crippen molar-refractivity contribution in [3.05, 3.63) is 11.6 Å². The van der Waals surface area contributed by atoms with E-state index in [0.29, 0.717) is 18.3 Å². The van der Waals surface area contributed by atoms with E-state index in [0.717, 1.165) is 12.8 Å². The van der Waals surface area contributed by atoms with Crippen molar-refractivity contribution in [3.63, 3.8) is 0 Å². The zero-order valence-corrected chi connectivity index (χ0v) is 11.8. The average Bonchev–Trinajstić information content (AvgIpc) is 2.63. The molecule has 1 heterocycles. The molecule has 0 radical (unpaired) electrons. The Labute approximate surface area is 117 Å². The quantitative estimate of drug-likeness (QED) is 0.551. The zero-order valence-electron chi connectivity index (χ0n) is 11.8. The number of hydrogen-bond donors (Lipinski definition) is 2. The van der Waals surface area contributed by atoms with Crippen LogP contribution in [-0.4, -0.2) is 34.4 Å². The molecule has 0 bridgehead atoms. The Morgan fingerprint density at radius 1 is 1.40 bits per heavy atom. The molecule has 20 heavy (non-hydrogen) atoms. The Morgan fingerprint density at radius 2 is 2.10 bits per heavy atom. The Balaban J connectivity index is 2.25. The minimum absolute atomic E-state index is 0.242. The van der Waals surface area contributed by atoms with E-state index in [1.165, 1.54) is 0 Å². The number of esters is 1. The van der Waals surface area contributed by atoms with Crippen LogP contribution in [0.1, 0.15) is 39.5 Å². The molecule has 3 rings (SSSR count). The molecular formula is C15H20O5. The van der Waals surface area contributed by atoms with Crippen molar-refractivity contribution in [3.8, 4) is 0 Å². The predicted molar refractivity (Wildman–Crippen MR) is 69.4 cm³/mol. The van der Waals surface area contributed by atoms with Gasteiger partial charge in [-0.2, -0.15) is 0 Å². The largest absolute Gasteiger partial charge is 0.435 e. The van der Waals surface area contributed by atoms with E-state index in [4.69, 9.17) is 4.74 Å². The molecule has 0 aromatic carbocycles. The van der Waals surface area contributed by atoms with Crippen LogP contribution >= 0.6 is 0 Å². The molecule has 0 amide bonds. The molecule has 2 fully saturated rings. The van der Waals surface area contributed by atoms with Crippen molar-refractivity contribution in [2.45, 2.75) is 51.4 Å². The molecule has 2 N–H and O–H groups in total. The first-order valence-electron chi connectivity index (χ1n) is 7.07. The summed E-state index contributed by atoms with van der Waals surface area (Å²) in [7, 11) is 0. The highest BCUT2D eigenvalue weighted by atomic mass is 16.6. The SMILES string of the molecule is CC1(C)CCC[C@]23C(=O)O[C@H](O)[C@H]2C(C=O)=CC[C@]13O. The van der Waals surface area contributed by atoms with Crippen LogP contribution in [0.2, 0.25) is 0 Å². The van der Waals surface area contributed by atoms with Crippen molar-refractivity contribution in [2.24, 2.45) is 16.7 Å². The van der Waals surface area contributed by atoms with Gasteiger partial charge in [0.25, 0.3) is 0 Å². The molecule has 5 nitrogen and oxygen atoms in total. The Morgan fingerprint density at radius 3 is 2.75 bits per heavy atom. The van der Waals surface area contributed by atoms with Gasteiger partial charge in [0, 0.05) is 0 Å². The van der Waals surface area contributed by atoms with Gasteiger partial charge in [-0.3, -0.25) is 9.59 Å². The number of cyclic esters (lactones) is 1. The van der Waals surface area contributed by atoms with Gasteiger partial charge < -0.3 is 14.9 Å². The summed E-state index contributed by atoms with van der Waals surface area (Å²) in [5.74, 6) is -1.33. The monoisotopic (exact) mass is 280 g/mol. The molecule has 0 unspecified atom stereocenters. The lowest BCUT2D eigenvalue weighted by Gasteiger charge is -2.58. The van der Waals surface area contributed by atoms with Gasteiger partial charge in [-0.1, -0.05) is 26.3 Å². The molecule has 3 aliphatic rings. The van der Waals surface area contributed by atoms with Crippen LogP contribution in [0.3, 0.4) is 0 Å². The number of rotatable bonds is 1. The van der Waals surface area contributed by atoms with Gasteiger partial charge in [-0.15, -0.1) is 0 Å². The van der Waals surface area contributed by atoms with Crippen LogP contribution in [-0.2, 0) is 14.3 Å². The van der Waals surface area contributed by atoms with E-state index in [2.05, 4.69) is 0 Å². The lowest BCUT2D eigenvalue weighted by molar-refractivity contribution is -0.207. The van der Waals surface area contributed by atoms with Crippen molar-refractivity contribution in [2.75, 3.05) is 0 Å². The molecule has 110 valence electrons. The smallest absolute Gasteiger partial charge is 0.318 e. The number of aldehydes is 1. The molecule has 1 saturated heterocycles. The maximum atomic E-state index is 12.4. The van der Waals surface area contributed by atoms with Crippen LogP contribution in [0.15, 0.2) is 11.6 Å². The fourth-order valence-corrected chi connectivity index (χ4v) is 4.58. The van der Waals surface area contributed by atoms with E-state index >= 15 is 0 Å². The van der Waals surface area contributed by atoms with Gasteiger partial charge in [0.1, 0.15) is 11.7 Å². The summed E-state index contributed by atoms with van der Waals surface area (Å²) >= 11 is 0. The molecule has 0 aromatic heterocycles. The standard InChI is InChI=1S/C15H20O5/c1-13(2)5-3-6-14-10(11(17)20-12(14)18)9(8-16)4-7-15(13,14)19/h4,8,10-11,17,19H,3,5-7H2,1-2H3/t10-,11+,14-,15+/m1/s1. The second-order valence-electron chi connectivity index (χ2n) is 6.87. The number of carbonyl (C=O) groups is 2. The number of aliphatic hydroxyl groups excluding tert-OH is 1. The summed E-state index contributed by atoms with van der Waals surface area (Å²) in [6.45, 7) is 3.87. The van der Waals surface area contributed by atoms with E-state index in [-0.39, 0.29) is 6.42 Å². The van der Waals surface area contributed by atoms with E-state index in [1.807, 2.05) is 13.8 Å². The zero-order chi connectivity index (χ0) is 14.8. The summed E-state index contributed by atoms with van der Waals surface area (Å²) in [6, 6.07) is 0. The Bertz CT molecular complexity index is 508. The van der Waals surface area contributed by atoms with Gasteiger partial charge in [-0.05, 0) is 30.3 Å². The third kappa shape index (κ3) is 1.30. The van der Waals surface area contributed by atoms with Gasteiger partial charge in [0.15, 0.2) is 0 Å². The van der Waals surface area contributed by atoms with E-state index in [9.17, 15) is 19.8 Å². The van der Waals surface area contributed by atoms with Crippen LogP contribution in [0, 0.1) is 16.7 Å². The van der Waals surface area contributed by atoms with Crippen molar-refractivity contribution < 1.29 is 24.5 Å². The molecule has 1 spiro atoms. The second-order valence-corrected chi connectivity index (χ2v) is 6.87. The first-order valence-corrected chi connectivity index (χ1v) is 7.07. The number of carbonyl (C=O) groups excluding carboxylic acids is 2. The number of ether oxygens (including phenoxy) is 1. The lowest BCUT2D eigenvalue weighted by Crippen LogP contribution is -2.66.